The van der Waals surface area contributed by atoms with Crippen LogP contribution in [-0.2, 0) is 0 Å². The Morgan fingerprint density at radius 1 is 1.30 bits per heavy atom. The lowest BCUT2D eigenvalue weighted by atomic mass is 10.2. The molecule has 0 aliphatic carbocycles. The van der Waals surface area contributed by atoms with Gasteiger partial charge in [0.1, 0.15) is 11.3 Å². The molecule has 5 nitrogen and oxygen atoms in total. The van der Waals surface area contributed by atoms with Crippen LogP contribution >= 0.6 is 0 Å². The first-order chi connectivity index (χ1) is 9.70. The Kier molecular flexibility index (Phi) is 3.02. The highest BCUT2D eigenvalue weighted by Crippen LogP contribution is 2.25. The van der Waals surface area contributed by atoms with E-state index >= 15 is 0 Å². The minimum absolute atomic E-state index is 0.426. The van der Waals surface area contributed by atoms with Crippen LogP contribution in [0.4, 0.5) is 5.95 Å². The molecule has 0 saturated heterocycles. The molecule has 0 unspecified atom stereocenters. The van der Waals surface area contributed by atoms with Crippen LogP contribution in [0.15, 0.2) is 36.5 Å². The zero-order valence-electron chi connectivity index (χ0n) is 11.5. The lowest BCUT2D eigenvalue weighted by Crippen LogP contribution is -2.02. The van der Waals surface area contributed by atoms with E-state index in [0.717, 1.165) is 28.2 Å². The monoisotopic (exact) mass is 268 g/mol. The van der Waals surface area contributed by atoms with Gasteiger partial charge in [0.15, 0.2) is 5.65 Å². The van der Waals surface area contributed by atoms with Crippen LogP contribution < -0.4 is 10.5 Å². The Labute approximate surface area is 117 Å². The number of aryl methyl sites for hydroxylation is 1. The van der Waals surface area contributed by atoms with Gasteiger partial charge in [0.05, 0.1) is 12.3 Å². The van der Waals surface area contributed by atoms with Gasteiger partial charge in [-0.1, -0.05) is 6.07 Å². The van der Waals surface area contributed by atoms with Gasteiger partial charge in [-0.05, 0) is 37.6 Å². The van der Waals surface area contributed by atoms with Gasteiger partial charge in [-0.2, -0.15) is 0 Å². The van der Waals surface area contributed by atoms with E-state index < -0.39 is 0 Å². The number of nitrogen functional groups attached to an aromatic ring is 1. The largest absolute Gasteiger partial charge is 0.494 e. The fourth-order valence-electron chi connectivity index (χ4n) is 2.24. The van der Waals surface area contributed by atoms with Crippen LogP contribution in [0, 0.1) is 6.92 Å². The Morgan fingerprint density at radius 2 is 2.15 bits per heavy atom. The number of fused-ring (bicyclic) bond motifs is 1. The van der Waals surface area contributed by atoms with Crippen molar-refractivity contribution in [1.82, 2.24) is 14.5 Å². The summed E-state index contributed by atoms with van der Waals surface area (Å²) in [6.45, 7) is 4.58. The summed E-state index contributed by atoms with van der Waals surface area (Å²) in [5.41, 5.74) is 9.59. The second-order valence-electron chi connectivity index (χ2n) is 4.54. The van der Waals surface area contributed by atoms with Crippen LogP contribution in [0.1, 0.15) is 12.5 Å². The number of hydrogen-bond acceptors (Lipinski definition) is 4. The predicted molar refractivity (Wildman–Crippen MR) is 79.2 cm³/mol. The molecule has 0 atom stereocenters. The number of aromatic nitrogens is 3. The molecular formula is C15H16N4O. The maximum absolute atomic E-state index is 6.05. The fraction of sp³-hybridized carbons (Fsp3) is 0.200. The summed E-state index contributed by atoms with van der Waals surface area (Å²) in [5, 5.41) is 0. The van der Waals surface area contributed by atoms with E-state index in [1.54, 1.807) is 6.20 Å². The fourth-order valence-corrected chi connectivity index (χ4v) is 2.24. The Balaban J connectivity index is 2.21. The molecule has 2 aromatic heterocycles. The lowest BCUT2D eigenvalue weighted by molar-refractivity contribution is 0.340. The van der Waals surface area contributed by atoms with Crippen molar-refractivity contribution in [2.24, 2.45) is 0 Å². The number of hydrogen-bond donors (Lipinski definition) is 1. The second kappa shape index (κ2) is 4.85. The third-order valence-corrected chi connectivity index (χ3v) is 3.16. The summed E-state index contributed by atoms with van der Waals surface area (Å²) < 4.78 is 7.36. The predicted octanol–water partition coefficient (Wildman–Crippen LogP) is 2.71. The molecule has 0 spiro atoms. The molecule has 1 aromatic carbocycles. The Bertz CT molecular complexity index is 764. The molecule has 20 heavy (non-hydrogen) atoms. The molecule has 0 aliphatic heterocycles. The average molecular weight is 268 g/mol. The molecule has 5 heteroatoms. The number of imidazole rings is 1. The van der Waals surface area contributed by atoms with Crippen molar-refractivity contribution in [2.75, 3.05) is 12.3 Å². The summed E-state index contributed by atoms with van der Waals surface area (Å²) in [6, 6.07) is 9.67. The number of rotatable bonds is 3. The number of pyridine rings is 1. The molecule has 0 saturated carbocycles. The summed E-state index contributed by atoms with van der Waals surface area (Å²) >= 11 is 0. The van der Waals surface area contributed by atoms with Crippen molar-refractivity contribution < 1.29 is 4.74 Å². The summed E-state index contributed by atoms with van der Waals surface area (Å²) in [4.78, 5) is 8.80. The molecule has 2 N–H and O–H groups in total. The average Bonchev–Trinajstić information content (AvgIpc) is 2.77. The number of ether oxygens (including phenoxy) is 1. The van der Waals surface area contributed by atoms with E-state index in [0.29, 0.717) is 12.6 Å². The van der Waals surface area contributed by atoms with E-state index in [1.165, 1.54) is 0 Å². The van der Waals surface area contributed by atoms with Crippen molar-refractivity contribution in [2.45, 2.75) is 13.8 Å². The highest BCUT2D eigenvalue weighted by molar-refractivity contribution is 5.79. The third kappa shape index (κ3) is 1.97. The molecule has 0 bridgehead atoms. The van der Waals surface area contributed by atoms with E-state index in [1.807, 2.05) is 48.7 Å². The first-order valence-electron chi connectivity index (χ1n) is 6.53. The van der Waals surface area contributed by atoms with E-state index in [2.05, 4.69) is 9.97 Å². The minimum Gasteiger partial charge on any atom is -0.494 e. The Hall–Kier alpha value is -2.56. The van der Waals surface area contributed by atoms with E-state index in [-0.39, 0.29) is 0 Å². The second-order valence-corrected chi connectivity index (χ2v) is 4.54. The van der Waals surface area contributed by atoms with Crippen LogP contribution in [-0.4, -0.2) is 21.1 Å². The molecule has 0 amide bonds. The molecule has 2 heterocycles. The topological polar surface area (TPSA) is 66.0 Å². The van der Waals surface area contributed by atoms with Crippen LogP contribution in [0.2, 0.25) is 0 Å². The van der Waals surface area contributed by atoms with Crippen molar-refractivity contribution in [3.05, 3.63) is 42.1 Å². The smallest absolute Gasteiger partial charge is 0.207 e. The van der Waals surface area contributed by atoms with Gasteiger partial charge >= 0.3 is 0 Å². The highest BCUT2D eigenvalue weighted by atomic mass is 16.5. The standard InChI is InChI=1S/C15H16N4O/c1-3-20-12-6-4-5-11(9-12)19-14-13(18-15(19)16)10(2)7-8-17-14/h4-9H,3H2,1-2H3,(H2,16,18). The van der Waals surface area contributed by atoms with Gasteiger partial charge in [-0.15, -0.1) is 0 Å². The first-order valence-corrected chi connectivity index (χ1v) is 6.53. The van der Waals surface area contributed by atoms with Gasteiger partial charge in [0.2, 0.25) is 5.95 Å². The summed E-state index contributed by atoms with van der Waals surface area (Å²) in [5.74, 6) is 1.23. The summed E-state index contributed by atoms with van der Waals surface area (Å²) in [7, 11) is 0. The first kappa shape index (κ1) is 12.5. The van der Waals surface area contributed by atoms with Gasteiger partial charge in [-0.3, -0.25) is 4.57 Å². The number of anilines is 1. The maximum atomic E-state index is 6.05. The third-order valence-electron chi connectivity index (χ3n) is 3.16. The van der Waals surface area contributed by atoms with E-state index in [4.69, 9.17) is 10.5 Å². The molecule has 0 fully saturated rings. The molecule has 102 valence electrons. The summed E-state index contributed by atoms with van der Waals surface area (Å²) in [6.07, 6.45) is 1.77. The van der Waals surface area contributed by atoms with Gasteiger partial charge in [0, 0.05) is 12.3 Å². The molecular weight excluding hydrogens is 252 g/mol. The molecule has 3 rings (SSSR count). The van der Waals surface area contributed by atoms with Crippen LogP contribution in [0.3, 0.4) is 0 Å². The van der Waals surface area contributed by atoms with Crippen molar-refractivity contribution >= 4 is 17.1 Å². The number of nitrogens with two attached hydrogens (primary N) is 1. The van der Waals surface area contributed by atoms with E-state index in [9.17, 15) is 0 Å². The van der Waals surface area contributed by atoms with Gasteiger partial charge in [0.25, 0.3) is 0 Å². The molecule has 3 aromatic rings. The van der Waals surface area contributed by atoms with Crippen LogP contribution in [0.5, 0.6) is 5.75 Å². The lowest BCUT2D eigenvalue weighted by Gasteiger charge is -2.08. The quantitative estimate of drug-likeness (QED) is 0.793. The minimum atomic E-state index is 0.426. The Morgan fingerprint density at radius 3 is 2.95 bits per heavy atom. The molecule has 0 aliphatic rings. The maximum Gasteiger partial charge on any atom is 0.207 e. The van der Waals surface area contributed by atoms with Crippen molar-refractivity contribution in [3.63, 3.8) is 0 Å². The zero-order valence-corrected chi connectivity index (χ0v) is 11.5. The zero-order chi connectivity index (χ0) is 14.1. The number of benzene rings is 1. The normalized spacial score (nSPS) is 10.9. The highest BCUT2D eigenvalue weighted by Gasteiger charge is 2.13. The van der Waals surface area contributed by atoms with Crippen molar-refractivity contribution in [1.29, 1.82) is 0 Å². The van der Waals surface area contributed by atoms with Gasteiger partial charge < -0.3 is 10.5 Å². The number of nitrogens with zero attached hydrogens (tertiary/aromatic N) is 3. The van der Waals surface area contributed by atoms with Gasteiger partial charge in [-0.25, -0.2) is 9.97 Å². The molecule has 0 radical (unpaired) electrons. The SMILES string of the molecule is CCOc1cccc(-n2c(N)nc3c(C)ccnc32)c1. The van der Waals surface area contributed by atoms with Crippen molar-refractivity contribution in [3.8, 4) is 11.4 Å². The van der Waals surface area contributed by atoms with Crippen LogP contribution in [0.25, 0.3) is 16.9 Å².